The number of nitrogen functional groups attached to an aromatic ring is 1. The maximum absolute atomic E-state index is 12.1. The van der Waals surface area contributed by atoms with Crippen LogP contribution in [0.15, 0.2) is 12.1 Å². The van der Waals surface area contributed by atoms with Crippen LogP contribution in [0.5, 0.6) is 0 Å². The van der Waals surface area contributed by atoms with E-state index in [-0.39, 0.29) is 5.91 Å². The van der Waals surface area contributed by atoms with Crippen molar-refractivity contribution in [1.82, 2.24) is 10.3 Å². The van der Waals surface area contributed by atoms with Crippen molar-refractivity contribution >= 4 is 11.7 Å². The van der Waals surface area contributed by atoms with Gasteiger partial charge in [-0.15, -0.1) is 0 Å². The molecule has 0 aliphatic rings. The fraction of sp³-hybridized carbons (Fsp3) is 0.538. The zero-order chi connectivity index (χ0) is 14.5. The molecule has 1 aromatic heterocycles. The zero-order valence-electron chi connectivity index (χ0n) is 11.9. The summed E-state index contributed by atoms with van der Waals surface area (Å²) in [5, 5.41) is 2.83. The van der Waals surface area contributed by atoms with Gasteiger partial charge in [-0.3, -0.25) is 4.79 Å². The first-order valence-corrected chi connectivity index (χ1v) is 6.22. The normalized spacial score (nSPS) is 11.2. The highest BCUT2D eigenvalue weighted by atomic mass is 16.5. The number of aryl methyl sites for hydroxylation is 1. The van der Waals surface area contributed by atoms with Crippen LogP contribution in [0.25, 0.3) is 0 Å². The van der Waals surface area contributed by atoms with E-state index in [1.165, 1.54) is 0 Å². The second kappa shape index (κ2) is 6.49. The van der Waals surface area contributed by atoms with Crippen LogP contribution >= 0.6 is 0 Å². The van der Waals surface area contributed by atoms with Gasteiger partial charge in [0.2, 0.25) is 0 Å². The third-order valence-corrected chi connectivity index (χ3v) is 2.88. The summed E-state index contributed by atoms with van der Waals surface area (Å²) in [4.78, 5) is 16.3. The first-order chi connectivity index (χ1) is 8.91. The molecule has 0 aliphatic heterocycles. The van der Waals surface area contributed by atoms with Gasteiger partial charge in [-0.2, -0.15) is 0 Å². The van der Waals surface area contributed by atoms with E-state index in [0.29, 0.717) is 17.9 Å². The van der Waals surface area contributed by atoms with Gasteiger partial charge in [-0.25, -0.2) is 10.8 Å². The molecular weight excluding hydrogens is 244 g/mol. The molecular formula is C13H22N4O2. The maximum Gasteiger partial charge on any atom is 0.251 e. The van der Waals surface area contributed by atoms with Crippen molar-refractivity contribution in [3.63, 3.8) is 0 Å². The minimum atomic E-state index is -0.398. The van der Waals surface area contributed by atoms with Crippen molar-refractivity contribution in [3.8, 4) is 0 Å². The van der Waals surface area contributed by atoms with E-state index in [1.807, 2.05) is 20.8 Å². The Labute approximate surface area is 113 Å². The molecule has 6 heteroatoms. The highest BCUT2D eigenvalue weighted by Crippen LogP contribution is 2.11. The van der Waals surface area contributed by atoms with Gasteiger partial charge in [0.05, 0.1) is 5.60 Å². The summed E-state index contributed by atoms with van der Waals surface area (Å²) in [7, 11) is 1.62. The number of nitrogens with one attached hydrogen (secondary N) is 2. The molecule has 0 fully saturated rings. The third kappa shape index (κ3) is 4.50. The number of pyridine rings is 1. The number of carbonyl (C=O) groups is 1. The molecule has 19 heavy (non-hydrogen) atoms. The summed E-state index contributed by atoms with van der Waals surface area (Å²) >= 11 is 0. The summed E-state index contributed by atoms with van der Waals surface area (Å²) in [6.45, 7) is 6.21. The Hall–Kier alpha value is -1.66. The number of hydrogen-bond donors (Lipinski definition) is 3. The molecule has 0 saturated carbocycles. The quantitative estimate of drug-likeness (QED) is 0.529. The predicted molar refractivity (Wildman–Crippen MR) is 74.8 cm³/mol. The van der Waals surface area contributed by atoms with Crippen LogP contribution in [0.4, 0.5) is 5.82 Å². The monoisotopic (exact) mass is 266 g/mol. The Morgan fingerprint density at radius 1 is 1.47 bits per heavy atom. The molecule has 0 bridgehead atoms. The Morgan fingerprint density at radius 2 is 2.16 bits per heavy atom. The number of anilines is 1. The van der Waals surface area contributed by atoms with Crippen LogP contribution < -0.4 is 16.6 Å². The van der Waals surface area contributed by atoms with Gasteiger partial charge in [-0.1, -0.05) is 6.92 Å². The lowest BCUT2D eigenvalue weighted by atomic mass is 10.1. The van der Waals surface area contributed by atoms with E-state index in [4.69, 9.17) is 10.6 Å². The second-order valence-electron chi connectivity index (χ2n) is 4.88. The minimum absolute atomic E-state index is 0.168. The van der Waals surface area contributed by atoms with Gasteiger partial charge in [0.25, 0.3) is 5.91 Å². The standard InChI is InChI=1S/C13H22N4O2/c1-5-10-6-9(7-11(16-10)17-14)12(18)15-8-13(2,3)19-4/h6-7H,5,8,14H2,1-4H3,(H,15,18)(H,16,17). The van der Waals surface area contributed by atoms with Gasteiger partial charge in [0.15, 0.2) is 0 Å². The van der Waals surface area contributed by atoms with Crippen molar-refractivity contribution in [2.24, 2.45) is 5.84 Å². The van der Waals surface area contributed by atoms with Crippen molar-refractivity contribution in [1.29, 1.82) is 0 Å². The topological polar surface area (TPSA) is 89.3 Å². The van der Waals surface area contributed by atoms with E-state index in [1.54, 1.807) is 19.2 Å². The molecule has 4 N–H and O–H groups in total. The summed E-state index contributed by atoms with van der Waals surface area (Å²) in [5.74, 6) is 5.66. The molecule has 0 spiro atoms. The molecule has 0 atom stereocenters. The average Bonchev–Trinajstić information content (AvgIpc) is 2.44. The fourth-order valence-electron chi connectivity index (χ4n) is 1.44. The molecule has 0 saturated heterocycles. The Bertz CT molecular complexity index is 424. The van der Waals surface area contributed by atoms with Gasteiger partial charge in [0, 0.05) is 24.9 Å². The highest BCUT2D eigenvalue weighted by molar-refractivity contribution is 5.95. The van der Waals surface area contributed by atoms with Crippen molar-refractivity contribution in [2.75, 3.05) is 19.1 Å². The molecule has 0 aliphatic carbocycles. The van der Waals surface area contributed by atoms with E-state index in [2.05, 4.69) is 15.7 Å². The van der Waals surface area contributed by atoms with Gasteiger partial charge < -0.3 is 15.5 Å². The number of nitrogens with zero attached hydrogens (tertiary/aromatic N) is 1. The molecule has 106 valence electrons. The average molecular weight is 266 g/mol. The molecule has 6 nitrogen and oxygen atoms in total. The third-order valence-electron chi connectivity index (χ3n) is 2.88. The van der Waals surface area contributed by atoms with Crippen LogP contribution in [0.1, 0.15) is 36.8 Å². The lowest BCUT2D eigenvalue weighted by Crippen LogP contribution is -2.39. The smallest absolute Gasteiger partial charge is 0.251 e. The molecule has 1 rings (SSSR count). The maximum atomic E-state index is 12.1. The summed E-state index contributed by atoms with van der Waals surface area (Å²) < 4.78 is 5.25. The SMILES string of the molecule is CCc1cc(C(=O)NCC(C)(C)OC)cc(NN)n1. The number of aromatic nitrogens is 1. The number of hydrazine groups is 1. The van der Waals surface area contributed by atoms with Crippen LogP contribution in [-0.2, 0) is 11.2 Å². The molecule has 0 aromatic carbocycles. The van der Waals surface area contributed by atoms with E-state index in [9.17, 15) is 4.79 Å². The number of ether oxygens (including phenoxy) is 1. The first kappa shape index (κ1) is 15.4. The molecule has 0 unspecified atom stereocenters. The summed E-state index contributed by atoms with van der Waals surface area (Å²) in [6, 6.07) is 3.38. The van der Waals surface area contributed by atoms with Crippen molar-refractivity contribution in [2.45, 2.75) is 32.8 Å². The molecule has 1 aromatic rings. The Kier molecular flexibility index (Phi) is 5.26. The molecule has 1 heterocycles. The Balaban J connectivity index is 2.81. The lowest BCUT2D eigenvalue weighted by Gasteiger charge is -2.23. The van der Waals surface area contributed by atoms with Crippen LogP contribution in [0, 0.1) is 0 Å². The number of nitrogens with two attached hydrogens (primary N) is 1. The summed E-state index contributed by atoms with van der Waals surface area (Å²) in [5.41, 5.74) is 3.41. The number of hydrogen-bond acceptors (Lipinski definition) is 5. The molecule has 0 radical (unpaired) electrons. The van der Waals surface area contributed by atoms with Crippen LogP contribution in [0.2, 0.25) is 0 Å². The minimum Gasteiger partial charge on any atom is -0.377 e. The highest BCUT2D eigenvalue weighted by Gasteiger charge is 2.18. The fourth-order valence-corrected chi connectivity index (χ4v) is 1.44. The molecule has 1 amide bonds. The Morgan fingerprint density at radius 3 is 2.68 bits per heavy atom. The number of amides is 1. The summed E-state index contributed by atoms with van der Waals surface area (Å²) in [6.07, 6.45) is 0.735. The number of rotatable bonds is 6. The first-order valence-electron chi connectivity index (χ1n) is 6.22. The lowest BCUT2D eigenvalue weighted by molar-refractivity contribution is 0.0229. The van der Waals surface area contributed by atoms with E-state index >= 15 is 0 Å². The van der Waals surface area contributed by atoms with Gasteiger partial charge in [0.1, 0.15) is 5.82 Å². The van der Waals surface area contributed by atoms with Gasteiger partial charge in [-0.05, 0) is 32.4 Å². The second-order valence-corrected chi connectivity index (χ2v) is 4.88. The van der Waals surface area contributed by atoms with E-state index in [0.717, 1.165) is 12.1 Å². The largest absolute Gasteiger partial charge is 0.377 e. The van der Waals surface area contributed by atoms with Crippen molar-refractivity contribution in [3.05, 3.63) is 23.4 Å². The van der Waals surface area contributed by atoms with E-state index < -0.39 is 5.60 Å². The zero-order valence-corrected chi connectivity index (χ0v) is 11.9. The van der Waals surface area contributed by atoms with Gasteiger partial charge >= 0.3 is 0 Å². The number of carbonyl (C=O) groups excluding carboxylic acids is 1. The van der Waals surface area contributed by atoms with Crippen LogP contribution in [0.3, 0.4) is 0 Å². The van der Waals surface area contributed by atoms with Crippen LogP contribution in [-0.4, -0.2) is 30.1 Å². The number of methoxy groups -OCH3 is 1. The predicted octanol–water partition coefficient (Wildman–Crippen LogP) is 1.08. The van der Waals surface area contributed by atoms with Crippen molar-refractivity contribution < 1.29 is 9.53 Å².